The fourth-order valence-electron chi connectivity index (χ4n) is 2.16. The number of aliphatic hydroxyl groups excluding tert-OH is 1. The Morgan fingerprint density at radius 3 is 2.40 bits per heavy atom. The fraction of sp³-hybridized carbons (Fsp3) is 0.583. The van der Waals surface area contributed by atoms with Crippen molar-refractivity contribution in [2.45, 2.75) is 12.8 Å². The van der Waals surface area contributed by atoms with Gasteiger partial charge >= 0.3 is 6.18 Å². The maximum absolute atomic E-state index is 12.3. The van der Waals surface area contributed by atoms with Crippen molar-refractivity contribution in [1.82, 2.24) is 9.88 Å². The molecule has 1 aliphatic heterocycles. The van der Waals surface area contributed by atoms with Crippen LogP contribution in [0, 0.1) is 0 Å². The van der Waals surface area contributed by atoms with Crippen LogP contribution in [0.4, 0.5) is 19.0 Å². The highest BCUT2D eigenvalue weighted by atomic mass is 35.5. The van der Waals surface area contributed by atoms with E-state index in [4.69, 9.17) is 16.7 Å². The summed E-state index contributed by atoms with van der Waals surface area (Å²) >= 11 is 6.08. The van der Waals surface area contributed by atoms with Gasteiger partial charge in [0.2, 0.25) is 0 Å². The van der Waals surface area contributed by atoms with Gasteiger partial charge in [-0.05, 0) is 11.6 Å². The molecule has 0 aromatic carbocycles. The van der Waals surface area contributed by atoms with Crippen LogP contribution >= 0.6 is 11.6 Å². The highest BCUT2D eigenvalue weighted by Crippen LogP contribution is 2.26. The molecule has 0 aliphatic carbocycles. The maximum Gasteiger partial charge on any atom is 0.401 e. The molecular weight excluding hydrogens is 295 g/mol. The number of piperazine rings is 1. The molecule has 112 valence electrons. The molecule has 1 aliphatic rings. The number of hydrogen-bond donors (Lipinski definition) is 1. The summed E-state index contributed by atoms with van der Waals surface area (Å²) in [5.74, 6) is 0.551. The van der Waals surface area contributed by atoms with Gasteiger partial charge in [0, 0.05) is 32.4 Å². The van der Waals surface area contributed by atoms with Crippen molar-refractivity contribution >= 4 is 17.4 Å². The fourth-order valence-corrected chi connectivity index (χ4v) is 2.47. The quantitative estimate of drug-likeness (QED) is 0.926. The standard InChI is InChI=1S/C12H15ClF3N3O/c13-10-5-9(7-20)6-17-11(10)19-3-1-18(2-4-19)8-12(14,15)16/h5-6,20H,1-4,7-8H2. The lowest BCUT2D eigenvalue weighted by molar-refractivity contribution is -0.146. The lowest BCUT2D eigenvalue weighted by atomic mass is 10.2. The molecular formula is C12H15ClF3N3O. The van der Waals surface area contributed by atoms with Gasteiger partial charge in [0.25, 0.3) is 0 Å². The number of anilines is 1. The van der Waals surface area contributed by atoms with Gasteiger partial charge in [-0.3, -0.25) is 4.90 Å². The van der Waals surface area contributed by atoms with Gasteiger partial charge in [-0.1, -0.05) is 11.6 Å². The zero-order valence-electron chi connectivity index (χ0n) is 10.7. The van der Waals surface area contributed by atoms with Crippen LogP contribution in [-0.2, 0) is 6.61 Å². The molecule has 20 heavy (non-hydrogen) atoms. The van der Waals surface area contributed by atoms with Crippen molar-refractivity contribution < 1.29 is 18.3 Å². The van der Waals surface area contributed by atoms with Crippen molar-refractivity contribution in [2.75, 3.05) is 37.6 Å². The lowest BCUT2D eigenvalue weighted by Crippen LogP contribution is -2.49. The van der Waals surface area contributed by atoms with E-state index in [1.54, 1.807) is 6.07 Å². The molecule has 0 bridgehead atoms. The van der Waals surface area contributed by atoms with E-state index in [0.717, 1.165) is 0 Å². The third kappa shape index (κ3) is 3.97. The van der Waals surface area contributed by atoms with Crippen LogP contribution in [0.15, 0.2) is 12.3 Å². The van der Waals surface area contributed by atoms with Crippen molar-refractivity contribution in [1.29, 1.82) is 0 Å². The van der Waals surface area contributed by atoms with E-state index < -0.39 is 12.7 Å². The smallest absolute Gasteiger partial charge is 0.392 e. The van der Waals surface area contributed by atoms with Crippen molar-refractivity contribution in [3.05, 3.63) is 22.8 Å². The monoisotopic (exact) mass is 309 g/mol. The van der Waals surface area contributed by atoms with Crippen LogP contribution in [-0.4, -0.2) is 53.9 Å². The molecule has 0 amide bonds. The van der Waals surface area contributed by atoms with Crippen LogP contribution in [0.2, 0.25) is 5.02 Å². The summed E-state index contributed by atoms with van der Waals surface area (Å²) in [5.41, 5.74) is 0.606. The molecule has 2 heterocycles. The summed E-state index contributed by atoms with van der Waals surface area (Å²) in [5, 5.41) is 9.38. The largest absolute Gasteiger partial charge is 0.401 e. The number of halogens is 4. The van der Waals surface area contributed by atoms with E-state index in [1.165, 1.54) is 11.1 Å². The van der Waals surface area contributed by atoms with Gasteiger partial charge in [-0.15, -0.1) is 0 Å². The molecule has 0 unspecified atom stereocenters. The molecule has 1 N–H and O–H groups in total. The Balaban J connectivity index is 1.97. The first-order valence-electron chi connectivity index (χ1n) is 6.18. The second-order valence-corrected chi connectivity index (χ2v) is 5.09. The minimum Gasteiger partial charge on any atom is -0.392 e. The average Bonchev–Trinajstić information content (AvgIpc) is 2.38. The molecule has 1 aromatic heterocycles. The van der Waals surface area contributed by atoms with Crippen LogP contribution in [0.3, 0.4) is 0 Å². The number of pyridine rings is 1. The molecule has 0 atom stereocenters. The molecule has 1 fully saturated rings. The molecule has 0 radical (unpaired) electrons. The van der Waals surface area contributed by atoms with Crippen LogP contribution in [0.5, 0.6) is 0 Å². The minimum absolute atomic E-state index is 0.146. The van der Waals surface area contributed by atoms with E-state index in [1.807, 2.05) is 4.90 Å². The number of rotatable bonds is 3. The minimum atomic E-state index is -4.17. The molecule has 4 nitrogen and oxygen atoms in total. The van der Waals surface area contributed by atoms with E-state index in [2.05, 4.69) is 4.98 Å². The van der Waals surface area contributed by atoms with E-state index in [9.17, 15) is 13.2 Å². The van der Waals surface area contributed by atoms with Crippen LogP contribution < -0.4 is 4.90 Å². The van der Waals surface area contributed by atoms with Crippen molar-refractivity contribution in [2.24, 2.45) is 0 Å². The Labute approximate surface area is 119 Å². The van der Waals surface area contributed by atoms with Gasteiger partial charge in [0.05, 0.1) is 18.2 Å². The second kappa shape index (κ2) is 6.15. The van der Waals surface area contributed by atoms with Crippen LogP contribution in [0.25, 0.3) is 0 Å². The Kier molecular flexibility index (Phi) is 4.72. The van der Waals surface area contributed by atoms with Crippen molar-refractivity contribution in [3.63, 3.8) is 0 Å². The highest BCUT2D eigenvalue weighted by molar-refractivity contribution is 6.33. The normalized spacial score (nSPS) is 17.6. The SMILES string of the molecule is OCc1cnc(N2CCN(CC(F)(F)F)CC2)c(Cl)c1. The molecule has 1 saturated heterocycles. The van der Waals surface area contributed by atoms with Gasteiger partial charge in [-0.2, -0.15) is 13.2 Å². The number of aliphatic hydroxyl groups is 1. The topological polar surface area (TPSA) is 39.6 Å². The highest BCUT2D eigenvalue weighted by Gasteiger charge is 2.32. The maximum atomic E-state index is 12.3. The third-order valence-corrected chi connectivity index (χ3v) is 3.41. The molecule has 0 spiro atoms. The van der Waals surface area contributed by atoms with Gasteiger partial charge in [0.1, 0.15) is 5.82 Å². The molecule has 0 saturated carbocycles. The third-order valence-electron chi connectivity index (χ3n) is 3.14. The first-order valence-corrected chi connectivity index (χ1v) is 6.56. The van der Waals surface area contributed by atoms with Crippen LogP contribution in [0.1, 0.15) is 5.56 Å². The molecule has 1 aromatic rings. The summed E-state index contributed by atoms with van der Waals surface area (Å²) in [4.78, 5) is 7.39. The number of aromatic nitrogens is 1. The lowest BCUT2D eigenvalue weighted by Gasteiger charge is -2.36. The summed E-state index contributed by atoms with van der Waals surface area (Å²) in [6.45, 7) is 0.499. The Morgan fingerprint density at radius 2 is 1.90 bits per heavy atom. The predicted molar refractivity (Wildman–Crippen MR) is 69.9 cm³/mol. The first-order chi connectivity index (χ1) is 9.39. The Morgan fingerprint density at radius 1 is 1.25 bits per heavy atom. The van der Waals surface area contributed by atoms with Gasteiger partial charge in [0.15, 0.2) is 0 Å². The molecule has 2 rings (SSSR count). The first kappa shape index (κ1) is 15.3. The number of nitrogens with zero attached hydrogens (tertiary/aromatic N) is 3. The van der Waals surface area contributed by atoms with Gasteiger partial charge in [-0.25, -0.2) is 4.98 Å². The number of hydrogen-bond acceptors (Lipinski definition) is 4. The molecule has 8 heteroatoms. The summed E-state index contributed by atoms with van der Waals surface area (Å²) in [7, 11) is 0. The summed E-state index contributed by atoms with van der Waals surface area (Å²) in [6.07, 6.45) is -2.65. The van der Waals surface area contributed by atoms with Gasteiger partial charge < -0.3 is 10.0 Å². The Hall–Kier alpha value is -1.05. The Bertz CT molecular complexity index is 462. The summed E-state index contributed by atoms with van der Waals surface area (Å²) < 4.78 is 36.9. The predicted octanol–water partition coefficient (Wildman–Crippen LogP) is 1.91. The second-order valence-electron chi connectivity index (χ2n) is 4.69. The van der Waals surface area contributed by atoms with E-state index in [-0.39, 0.29) is 6.61 Å². The average molecular weight is 310 g/mol. The van der Waals surface area contributed by atoms with E-state index >= 15 is 0 Å². The van der Waals surface area contributed by atoms with Crippen molar-refractivity contribution in [3.8, 4) is 0 Å². The zero-order chi connectivity index (χ0) is 14.8. The summed E-state index contributed by atoms with van der Waals surface area (Å²) in [6, 6.07) is 1.62. The van der Waals surface area contributed by atoms with E-state index in [0.29, 0.717) is 42.6 Å². The number of alkyl halides is 3. The zero-order valence-corrected chi connectivity index (χ0v) is 11.5.